The lowest BCUT2D eigenvalue weighted by molar-refractivity contribution is -0.137. The van der Waals surface area contributed by atoms with Crippen molar-refractivity contribution in [3.63, 3.8) is 0 Å². The molecule has 0 aliphatic heterocycles. The second-order valence-corrected chi connectivity index (χ2v) is 4.51. The number of hydrogen-bond donors (Lipinski definition) is 2. The molecule has 0 bridgehead atoms. The number of urea groups is 1. The van der Waals surface area contributed by atoms with E-state index in [9.17, 15) is 22.4 Å². The van der Waals surface area contributed by atoms with Gasteiger partial charge in [0.2, 0.25) is 0 Å². The molecule has 0 saturated heterocycles. The van der Waals surface area contributed by atoms with Crippen LogP contribution in [0.2, 0.25) is 0 Å². The number of carbonyl (C=O) groups is 1. The smallest absolute Gasteiger partial charge is 0.334 e. The maximum atomic E-state index is 12.7. The summed E-state index contributed by atoms with van der Waals surface area (Å²) in [6.45, 7) is 0.0746. The standard InChI is InChI=1S/C15H12F4N2O/c16-12-5-7-13(8-6-12)21-14(22)20-9-10-1-3-11(4-2-10)15(17,18)19/h1-8H,9H2,(H2,20,21,22). The van der Waals surface area contributed by atoms with Gasteiger partial charge in [0.25, 0.3) is 0 Å². The maximum Gasteiger partial charge on any atom is 0.416 e. The zero-order valence-corrected chi connectivity index (χ0v) is 11.2. The molecule has 116 valence electrons. The van der Waals surface area contributed by atoms with Gasteiger partial charge in [0.05, 0.1) is 5.56 Å². The minimum Gasteiger partial charge on any atom is -0.334 e. The number of anilines is 1. The van der Waals surface area contributed by atoms with Gasteiger partial charge in [0, 0.05) is 12.2 Å². The van der Waals surface area contributed by atoms with Crippen LogP contribution in [0.1, 0.15) is 11.1 Å². The van der Waals surface area contributed by atoms with Crippen molar-refractivity contribution in [3.8, 4) is 0 Å². The van der Waals surface area contributed by atoms with Gasteiger partial charge in [-0.2, -0.15) is 13.2 Å². The van der Waals surface area contributed by atoms with Crippen LogP contribution in [0.15, 0.2) is 48.5 Å². The van der Waals surface area contributed by atoms with Crippen LogP contribution in [0, 0.1) is 5.82 Å². The van der Waals surface area contributed by atoms with Crippen LogP contribution in [0.25, 0.3) is 0 Å². The summed E-state index contributed by atoms with van der Waals surface area (Å²) in [5, 5.41) is 4.97. The number of halogens is 4. The van der Waals surface area contributed by atoms with Crippen LogP contribution in [0.4, 0.5) is 28.0 Å². The van der Waals surface area contributed by atoms with Crippen LogP contribution in [0.3, 0.4) is 0 Å². The molecule has 0 aromatic heterocycles. The monoisotopic (exact) mass is 312 g/mol. The topological polar surface area (TPSA) is 41.1 Å². The summed E-state index contributed by atoms with van der Waals surface area (Å²) >= 11 is 0. The first-order valence-corrected chi connectivity index (χ1v) is 6.31. The van der Waals surface area contributed by atoms with Gasteiger partial charge in [0.1, 0.15) is 5.82 Å². The molecule has 0 fully saturated rings. The van der Waals surface area contributed by atoms with E-state index >= 15 is 0 Å². The third-order valence-electron chi connectivity index (χ3n) is 2.84. The average Bonchev–Trinajstić information content (AvgIpc) is 2.47. The fraction of sp³-hybridized carbons (Fsp3) is 0.133. The average molecular weight is 312 g/mol. The van der Waals surface area contributed by atoms with Gasteiger partial charge in [-0.3, -0.25) is 0 Å². The van der Waals surface area contributed by atoms with Gasteiger partial charge in [-0.25, -0.2) is 9.18 Å². The van der Waals surface area contributed by atoms with E-state index in [2.05, 4.69) is 10.6 Å². The number of carbonyl (C=O) groups excluding carboxylic acids is 1. The first-order valence-electron chi connectivity index (χ1n) is 6.31. The van der Waals surface area contributed by atoms with Gasteiger partial charge in [-0.15, -0.1) is 0 Å². The van der Waals surface area contributed by atoms with E-state index in [1.807, 2.05) is 0 Å². The van der Waals surface area contributed by atoms with Crippen molar-refractivity contribution < 1.29 is 22.4 Å². The first-order chi connectivity index (χ1) is 10.3. The highest BCUT2D eigenvalue weighted by molar-refractivity contribution is 5.89. The van der Waals surface area contributed by atoms with Crippen LogP contribution in [-0.4, -0.2) is 6.03 Å². The predicted molar refractivity (Wildman–Crippen MR) is 73.7 cm³/mol. The molecule has 2 N–H and O–H groups in total. The molecular weight excluding hydrogens is 300 g/mol. The molecule has 2 aromatic rings. The van der Waals surface area contributed by atoms with E-state index in [4.69, 9.17) is 0 Å². The van der Waals surface area contributed by atoms with Gasteiger partial charge in [-0.1, -0.05) is 12.1 Å². The Bertz CT molecular complexity index is 636. The maximum absolute atomic E-state index is 12.7. The van der Waals surface area contributed by atoms with E-state index in [1.165, 1.54) is 36.4 Å². The number of alkyl halides is 3. The van der Waals surface area contributed by atoms with Gasteiger partial charge in [-0.05, 0) is 42.0 Å². The van der Waals surface area contributed by atoms with Crippen molar-refractivity contribution in [2.75, 3.05) is 5.32 Å². The highest BCUT2D eigenvalue weighted by Crippen LogP contribution is 2.29. The van der Waals surface area contributed by atoms with Crippen molar-refractivity contribution in [2.24, 2.45) is 0 Å². The number of nitrogens with one attached hydrogen (secondary N) is 2. The minimum atomic E-state index is -4.38. The lowest BCUT2D eigenvalue weighted by atomic mass is 10.1. The normalized spacial score (nSPS) is 11.1. The summed E-state index contributed by atoms with van der Waals surface area (Å²) in [7, 11) is 0. The molecule has 2 amide bonds. The third-order valence-corrected chi connectivity index (χ3v) is 2.84. The summed E-state index contributed by atoms with van der Waals surface area (Å²) in [6, 6.07) is 9.15. The Hall–Kier alpha value is -2.57. The van der Waals surface area contributed by atoms with Crippen LogP contribution >= 0.6 is 0 Å². The molecule has 0 unspecified atom stereocenters. The molecule has 2 rings (SSSR count). The Morgan fingerprint density at radius 2 is 1.55 bits per heavy atom. The van der Waals surface area contributed by atoms with E-state index in [1.54, 1.807) is 0 Å². The summed E-state index contributed by atoms with van der Waals surface area (Å²) < 4.78 is 49.9. The molecule has 0 aliphatic rings. The molecular formula is C15H12F4N2O. The first kappa shape index (κ1) is 15.8. The number of hydrogen-bond acceptors (Lipinski definition) is 1. The minimum absolute atomic E-state index is 0.0746. The SMILES string of the molecule is O=C(NCc1ccc(C(F)(F)F)cc1)Nc1ccc(F)cc1. The van der Waals surface area contributed by atoms with Crippen molar-refractivity contribution in [3.05, 3.63) is 65.5 Å². The molecule has 0 heterocycles. The predicted octanol–water partition coefficient (Wildman–Crippen LogP) is 4.17. The summed E-state index contributed by atoms with van der Waals surface area (Å²) in [4.78, 5) is 11.6. The van der Waals surface area contributed by atoms with Crippen molar-refractivity contribution >= 4 is 11.7 Å². The van der Waals surface area contributed by atoms with E-state index in [0.717, 1.165) is 12.1 Å². The molecule has 3 nitrogen and oxygen atoms in total. The fourth-order valence-electron chi connectivity index (χ4n) is 1.70. The molecule has 0 saturated carbocycles. The largest absolute Gasteiger partial charge is 0.416 e. The molecule has 2 aromatic carbocycles. The van der Waals surface area contributed by atoms with Crippen molar-refractivity contribution in [2.45, 2.75) is 12.7 Å². The summed E-state index contributed by atoms with van der Waals surface area (Å²) in [5.41, 5.74) is 0.195. The summed E-state index contributed by atoms with van der Waals surface area (Å²) in [5.74, 6) is -0.421. The number of amides is 2. The Balaban J connectivity index is 1.87. The number of benzene rings is 2. The van der Waals surface area contributed by atoms with E-state index in [-0.39, 0.29) is 6.54 Å². The molecule has 0 aliphatic carbocycles. The molecule has 0 spiro atoms. The molecule has 7 heteroatoms. The second-order valence-electron chi connectivity index (χ2n) is 4.51. The zero-order valence-electron chi connectivity index (χ0n) is 11.2. The lowest BCUT2D eigenvalue weighted by Crippen LogP contribution is -2.28. The quantitative estimate of drug-likeness (QED) is 0.821. The van der Waals surface area contributed by atoms with Crippen LogP contribution < -0.4 is 10.6 Å². The van der Waals surface area contributed by atoms with Gasteiger partial charge < -0.3 is 10.6 Å². The zero-order chi connectivity index (χ0) is 16.2. The number of rotatable bonds is 3. The molecule has 0 atom stereocenters. The Labute approximate surface area is 124 Å². The van der Waals surface area contributed by atoms with Crippen molar-refractivity contribution in [1.29, 1.82) is 0 Å². The van der Waals surface area contributed by atoms with E-state index < -0.39 is 23.6 Å². The summed E-state index contributed by atoms with van der Waals surface area (Å²) in [6.07, 6.45) is -4.38. The molecule has 0 radical (unpaired) electrons. The Morgan fingerprint density at radius 3 is 2.09 bits per heavy atom. The highest BCUT2D eigenvalue weighted by Gasteiger charge is 2.29. The fourth-order valence-corrected chi connectivity index (χ4v) is 1.70. The van der Waals surface area contributed by atoms with E-state index in [0.29, 0.717) is 11.3 Å². The van der Waals surface area contributed by atoms with Gasteiger partial charge >= 0.3 is 12.2 Å². The Morgan fingerprint density at radius 1 is 0.955 bits per heavy atom. The second kappa shape index (κ2) is 6.46. The molecule has 22 heavy (non-hydrogen) atoms. The lowest BCUT2D eigenvalue weighted by Gasteiger charge is -2.09. The van der Waals surface area contributed by atoms with Gasteiger partial charge in [0.15, 0.2) is 0 Å². The third kappa shape index (κ3) is 4.47. The highest BCUT2D eigenvalue weighted by atomic mass is 19.4. The van der Waals surface area contributed by atoms with Crippen LogP contribution in [0.5, 0.6) is 0 Å². The Kier molecular flexibility index (Phi) is 4.65. The van der Waals surface area contributed by atoms with Crippen LogP contribution in [-0.2, 0) is 12.7 Å². The van der Waals surface area contributed by atoms with Crippen molar-refractivity contribution in [1.82, 2.24) is 5.32 Å².